The van der Waals surface area contributed by atoms with Crippen molar-refractivity contribution in [2.75, 3.05) is 14.2 Å². The molecule has 2 nitrogen and oxygen atoms in total. The first kappa shape index (κ1) is 13.5. The Bertz CT molecular complexity index is 517. The van der Waals surface area contributed by atoms with Crippen LogP contribution in [0.4, 0.5) is 0 Å². The fourth-order valence-electron chi connectivity index (χ4n) is 1.61. The van der Waals surface area contributed by atoms with E-state index in [1.165, 1.54) is 11.3 Å². The minimum Gasteiger partial charge on any atom is -0.497 e. The van der Waals surface area contributed by atoms with Gasteiger partial charge >= 0.3 is 0 Å². The van der Waals surface area contributed by atoms with E-state index in [9.17, 15) is 0 Å². The summed E-state index contributed by atoms with van der Waals surface area (Å²) >= 11 is 14.1. The zero-order chi connectivity index (χ0) is 13.1. The molecule has 0 aliphatic heterocycles. The number of benzene rings is 1. The Morgan fingerprint density at radius 2 is 1.72 bits per heavy atom. The summed E-state index contributed by atoms with van der Waals surface area (Å²) in [7, 11) is 3.22. The van der Waals surface area contributed by atoms with Crippen LogP contribution in [0, 0.1) is 0 Å². The summed E-state index contributed by atoms with van der Waals surface area (Å²) < 4.78 is 10.5. The minimum atomic E-state index is -0.304. The summed E-state index contributed by atoms with van der Waals surface area (Å²) in [6.07, 6.45) is 0. The van der Waals surface area contributed by atoms with Crippen LogP contribution in [-0.4, -0.2) is 14.2 Å². The fraction of sp³-hybridized carbons (Fsp3) is 0.231. The molecule has 0 aliphatic carbocycles. The van der Waals surface area contributed by atoms with Crippen LogP contribution in [0.2, 0.25) is 5.02 Å². The van der Waals surface area contributed by atoms with E-state index in [4.69, 9.17) is 32.7 Å². The number of thiophene rings is 1. The van der Waals surface area contributed by atoms with Gasteiger partial charge in [0.1, 0.15) is 11.5 Å². The van der Waals surface area contributed by atoms with Gasteiger partial charge in [-0.25, -0.2) is 0 Å². The van der Waals surface area contributed by atoms with Gasteiger partial charge in [0.2, 0.25) is 0 Å². The Kier molecular flexibility index (Phi) is 4.38. The lowest BCUT2D eigenvalue weighted by molar-refractivity contribution is 0.393. The van der Waals surface area contributed by atoms with Crippen molar-refractivity contribution in [2.24, 2.45) is 0 Å². The van der Waals surface area contributed by atoms with Gasteiger partial charge in [-0.05, 0) is 29.1 Å². The molecule has 0 N–H and O–H groups in total. The van der Waals surface area contributed by atoms with Gasteiger partial charge in [0.15, 0.2) is 0 Å². The molecule has 2 rings (SSSR count). The Hall–Kier alpha value is -0.900. The monoisotopic (exact) mass is 302 g/mol. The zero-order valence-corrected chi connectivity index (χ0v) is 12.3. The van der Waals surface area contributed by atoms with E-state index in [0.29, 0.717) is 16.5 Å². The van der Waals surface area contributed by atoms with Crippen molar-refractivity contribution >= 4 is 34.5 Å². The van der Waals surface area contributed by atoms with E-state index >= 15 is 0 Å². The second-order valence-corrected chi connectivity index (χ2v) is 5.43. The SMILES string of the molecule is COc1cc(OC)cc(C(Cl)c2sccc2Cl)c1. The summed E-state index contributed by atoms with van der Waals surface area (Å²) in [6.45, 7) is 0. The first-order chi connectivity index (χ1) is 8.65. The average molecular weight is 303 g/mol. The highest BCUT2D eigenvalue weighted by Crippen LogP contribution is 2.39. The molecule has 5 heteroatoms. The lowest BCUT2D eigenvalue weighted by Gasteiger charge is -2.12. The standard InChI is InChI=1S/C13H12Cl2O2S/c1-16-9-5-8(6-10(7-9)17-2)12(15)13-11(14)3-4-18-13/h3-7,12H,1-2H3. The molecule has 18 heavy (non-hydrogen) atoms. The van der Waals surface area contributed by atoms with Crippen LogP contribution >= 0.6 is 34.5 Å². The number of hydrogen-bond donors (Lipinski definition) is 0. The number of methoxy groups -OCH3 is 2. The van der Waals surface area contributed by atoms with Crippen LogP contribution in [0.15, 0.2) is 29.6 Å². The number of ether oxygens (including phenoxy) is 2. The highest BCUT2D eigenvalue weighted by Gasteiger charge is 2.17. The molecule has 0 saturated heterocycles. The number of rotatable bonds is 4. The summed E-state index contributed by atoms with van der Waals surface area (Å²) in [6, 6.07) is 7.42. The molecule has 1 heterocycles. The van der Waals surface area contributed by atoms with Gasteiger partial charge in [0.05, 0.1) is 24.6 Å². The normalized spacial score (nSPS) is 12.2. The third kappa shape index (κ3) is 2.74. The van der Waals surface area contributed by atoms with Gasteiger partial charge < -0.3 is 9.47 Å². The van der Waals surface area contributed by atoms with Crippen LogP contribution in [0.1, 0.15) is 15.8 Å². The lowest BCUT2D eigenvalue weighted by Crippen LogP contribution is -1.95. The van der Waals surface area contributed by atoms with Crippen molar-refractivity contribution in [1.29, 1.82) is 0 Å². The third-order valence-corrected chi connectivity index (χ3v) is 4.56. The molecule has 0 saturated carbocycles. The van der Waals surface area contributed by atoms with Crippen LogP contribution < -0.4 is 9.47 Å². The second kappa shape index (κ2) is 5.83. The quantitative estimate of drug-likeness (QED) is 0.759. The Balaban J connectivity index is 2.41. The van der Waals surface area contributed by atoms with E-state index in [0.717, 1.165) is 10.4 Å². The van der Waals surface area contributed by atoms with Gasteiger partial charge in [0, 0.05) is 10.9 Å². The molecule has 0 amide bonds. The molecule has 0 aliphatic rings. The molecule has 0 radical (unpaired) electrons. The summed E-state index contributed by atoms with van der Waals surface area (Å²) in [5, 5.41) is 2.30. The first-order valence-corrected chi connectivity index (χ1v) is 6.95. The van der Waals surface area contributed by atoms with E-state index in [1.54, 1.807) is 14.2 Å². The second-order valence-electron chi connectivity index (χ2n) is 3.64. The van der Waals surface area contributed by atoms with Crippen molar-refractivity contribution in [3.63, 3.8) is 0 Å². The smallest absolute Gasteiger partial charge is 0.122 e. The maximum absolute atomic E-state index is 6.45. The lowest BCUT2D eigenvalue weighted by atomic mass is 10.1. The predicted octanol–water partition coefficient (Wildman–Crippen LogP) is 4.75. The van der Waals surface area contributed by atoms with Crippen molar-refractivity contribution in [3.8, 4) is 11.5 Å². The zero-order valence-electron chi connectivity index (χ0n) is 9.94. The molecule has 0 fully saturated rings. The number of halogens is 2. The molecular formula is C13H12Cl2O2S. The highest BCUT2D eigenvalue weighted by molar-refractivity contribution is 7.11. The fourth-order valence-corrected chi connectivity index (χ4v) is 3.23. The van der Waals surface area contributed by atoms with E-state index in [2.05, 4.69) is 0 Å². The molecular weight excluding hydrogens is 291 g/mol. The van der Waals surface area contributed by atoms with Crippen LogP contribution in [-0.2, 0) is 0 Å². The Morgan fingerprint density at radius 1 is 1.11 bits per heavy atom. The number of hydrogen-bond acceptors (Lipinski definition) is 3. The average Bonchev–Trinajstić information content (AvgIpc) is 2.83. The van der Waals surface area contributed by atoms with Crippen LogP contribution in [0.25, 0.3) is 0 Å². The molecule has 1 aromatic heterocycles. The van der Waals surface area contributed by atoms with Gasteiger partial charge in [-0.2, -0.15) is 0 Å². The van der Waals surface area contributed by atoms with Gasteiger partial charge in [-0.1, -0.05) is 11.6 Å². The Labute approximate surface area is 120 Å². The molecule has 2 aromatic rings. The van der Waals surface area contributed by atoms with Gasteiger partial charge in [0.25, 0.3) is 0 Å². The summed E-state index contributed by atoms with van der Waals surface area (Å²) in [4.78, 5) is 0.925. The van der Waals surface area contributed by atoms with Gasteiger partial charge in [-0.3, -0.25) is 0 Å². The number of alkyl halides is 1. The Morgan fingerprint density at radius 3 is 2.17 bits per heavy atom. The topological polar surface area (TPSA) is 18.5 Å². The largest absolute Gasteiger partial charge is 0.497 e. The molecule has 0 bridgehead atoms. The van der Waals surface area contributed by atoms with Crippen molar-refractivity contribution in [2.45, 2.75) is 5.38 Å². The van der Waals surface area contributed by atoms with E-state index < -0.39 is 0 Å². The first-order valence-electron chi connectivity index (χ1n) is 5.25. The molecule has 96 valence electrons. The molecule has 1 aromatic carbocycles. The van der Waals surface area contributed by atoms with Crippen molar-refractivity contribution < 1.29 is 9.47 Å². The molecule has 0 spiro atoms. The van der Waals surface area contributed by atoms with E-state index in [1.807, 2.05) is 29.6 Å². The van der Waals surface area contributed by atoms with E-state index in [-0.39, 0.29) is 5.38 Å². The highest BCUT2D eigenvalue weighted by atomic mass is 35.5. The molecule has 1 unspecified atom stereocenters. The van der Waals surface area contributed by atoms with Crippen LogP contribution in [0.3, 0.4) is 0 Å². The van der Waals surface area contributed by atoms with Crippen molar-refractivity contribution in [1.82, 2.24) is 0 Å². The maximum atomic E-state index is 6.45. The summed E-state index contributed by atoms with van der Waals surface area (Å²) in [5.74, 6) is 1.42. The summed E-state index contributed by atoms with van der Waals surface area (Å²) in [5.41, 5.74) is 0.900. The molecule has 1 atom stereocenters. The maximum Gasteiger partial charge on any atom is 0.122 e. The van der Waals surface area contributed by atoms with Gasteiger partial charge in [-0.15, -0.1) is 22.9 Å². The predicted molar refractivity (Wildman–Crippen MR) is 76.6 cm³/mol. The van der Waals surface area contributed by atoms with Crippen molar-refractivity contribution in [3.05, 3.63) is 45.1 Å². The third-order valence-electron chi connectivity index (χ3n) is 2.54. The minimum absolute atomic E-state index is 0.304. The van der Waals surface area contributed by atoms with Crippen LogP contribution in [0.5, 0.6) is 11.5 Å².